The molecule has 144 valence electrons. The van der Waals surface area contributed by atoms with Gasteiger partial charge in [-0.15, -0.1) is 6.58 Å². The van der Waals surface area contributed by atoms with Crippen LogP contribution in [0.2, 0.25) is 0 Å². The SMILES string of the molecule is C=CCO[C@@H]1C[C@@H]2c3cc(OC)c(OC)cc3CCN2C[C@H]1CC(C)C. The van der Waals surface area contributed by atoms with Crippen molar-refractivity contribution in [2.45, 2.75) is 45.3 Å². The van der Waals surface area contributed by atoms with Gasteiger partial charge in [0.05, 0.1) is 26.9 Å². The fourth-order valence-electron chi connectivity index (χ4n) is 4.63. The molecule has 26 heavy (non-hydrogen) atoms. The highest BCUT2D eigenvalue weighted by Gasteiger charge is 2.39. The number of fused-ring (bicyclic) bond motifs is 3. The van der Waals surface area contributed by atoms with Gasteiger partial charge in [-0.1, -0.05) is 19.9 Å². The third kappa shape index (κ3) is 3.91. The Hall–Kier alpha value is -1.52. The molecule has 1 saturated heterocycles. The Morgan fingerprint density at radius 1 is 1.23 bits per heavy atom. The van der Waals surface area contributed by atoms with Gasteiger partial charge in [0.25, 0.3) is 0 Å². The Balaban J connectivity index is 1.88. The zero-order chi connectivity index (χ0) is 18.7. The molecule has 0 aromatic heterocycles. The van der Waals surface area contributed by atoms with Gasteiger partial charge in [-0.2, -0.15) is 0 Å². The molecule has 2 aliphatic rings. The van der Waals surface area contributed by atoms with Crippen molar-refractivity contribution in [2.24, 2.45) is 11.8 Å². The van der Waals surface area contributed by atoms with Crippen molar-refractivity contribution in [1.29, 1.82) is 0 Å². The summed E-state index contributed by atoms with van der Waals surface area (Å²) in [5.41, 5.74) is 2.76. The third-order valence-electron chi connectivity index (χ3n) is 5.77. The third-order valence-corrected chi connectivity index (χ3v) is 5.77. The topological polar surface area (TPSA) is 30.9 Å². The van der Waals surface area contributed by atoms with Gasteiger partial charge in [-0.3, -0.25) is 4.90 Å². The van der Waals surface area contributed by atoms with Crippen LogP contribution in [0.3, 0.4) is 0 Å². The summed E-state index contributed by atoms with van der Waals surface area (Å²) < 4.78 is 17.3. The molecule has 1 aromatic rings. The van der Waals surface area contributed by atoms with Crippen LogP contribution in [0.15, 0.2) is 24.8 Å². The van der Waals surface area contributed by atoms with E-state index in [-0.39, 0.29) is 6.10 Å². The van der Waals surface area contributed by atoms with Crippen LogP contribution in [0.5, 0.6) is 11.5 Å². The smallest absolute Gasteiger partial charge is 0.161 e. The number of hydrogen-bond acceptors (Lipinski definition) is 4. The van der Waals surface area contributed by atoms with Gasteiger partial charge in [-0.25, -0.2) is 0 Å². The summed E-state index contributed by atoms with van der Waals surface area (Å²) in [5.74, 6) is 2.93. The van der Waals surface area contributed by atoms with Crippen LogP contribution in [-0.4, -0.2) is 44.9 Å². The summed E-state index contributed by atoms with van der Waals surface area (Å²) in [6.45, 7) is 11.3. The molecule has 1 aromatic carbocycles. The highest BCUT2D eigenvalue weighted by atomic mass is 16.5. The summed E-state index contributed by atoms with van der Waals surface area (Å²) in [4.78, 5) is 2.65. The van der Waals surface area contributed by atoms with E-state index >= 15 is 0 Å². The molecule has 0 amide bonds. The van der Waals surface area contributed by atoms with E-state index in [2.05, 4.69) is 37.5 Å². The molecular formula is C22H33NO3. The van der Waals surface area contributed by atoms with Crippen LogP contribution in [0.25, 0.3) is 0 Å². The normalized spacial score (nSPS) is 25.5. The fourth-order valence-corrected chi connectivity index (χ4v) is 4.63. The number of nitrogens with zero attached hydrogens (tertiary/aromatic N) is 1. The lowest BCUT2D eigenvalue weighted by Gasteiger charge is -2.47. The Morgan fingerprint density at radius 2 is 1.96 bits per heavy atom. The molecule has 2 heterocycles. The van der Waals surface area contributed by atoms with E-state index < -0.39 is 0 Å². The lowest BCUT2D eigenvalue weighted by atomic mass is 9.79. The quantitative estimate of drug-likeness (QED) is 0.682. The van der Waals surface area contributed by atoms with Crippen molar-refractivity contribution in [3.8, 4) is 11.5 Å². The van der Waals surface area contributed by atoms with Crippen LogP contribution in [-0.2, 0) is 11.2 Å². The van der Waals surface area contributed by atoms with E-state index in [1.54, 1.807) is 14.2 Å². The van der Waals surface area contributed by atoms with Gasteiger partial charge in [0, 0.05) is 19.1 Å². The minimum Gasteiger partial charge on any atom is -0.493 e. The van der Waals surface area contributed by atoms with Crippen molar-refractivity contribution < 1.29 is 14.2 Å². The van der Waals surface area contributed by atoms with E-state index in [1.807, 2.05) is 6.08 Å². The lowest BCUT2D eigenvalue weighted by molar-refractivity contribution is -0.0550. The van der Waals surface area contributed by atoms with Crippen LogP contribution in [0, 0.1) is 11.8 Å². The van der Waals surface area contributed by atoms with Gasteiger partial charge in [0.2, 0.25) is 0 Å². The number of benzene rings is 1. The Kier molecular flexibility index (Phi) is 6.25. The van der Waals surface area contributed by atoms with Crippen LogP contribution >= 0.6 is 0 Å². The predicted octanol–water partition coefficient (Wildman–Crippen LogP) is 4.24. The van der Waals surface area contributed by atoms with Crippen molar-refractivity contribution >= 4 is 0 Å². The first-order valence-corrected chi connectivity index (χ1v) is 9.78. The molecule has 3 rings (SSSR count). The second kappa shape index (κ2) is 8.45. The maximum absolute atomic E-state index is 6.21. The van der Waals surface area contributed by atoms with Crippen LogP contribution in [0.1, 0.15) is 43.9 Å². The van der Waals surface area contributed by atoms with E-state index in [4.69, 9.17) is 14.2 Å². The molecule has 0 unspecified atom stereocenters. The predicted molar refractivity (Wildman–Crippen MR) is 105 cm³/mol. The summed E-state index contributed by atoms with van der Waals surface area (Å²) in [6, 6.07) is 4.74. The Bertz CT molecular complexity index is 628. The first-order chi connectivity index (χ1) is 12.6. The van der Waals surface area contributed by atoms with Gasteiger partial charge >= 0.3 is 0 Å². The fraction of sp³-hybridized carbons (Fsp3) is 0.636. The van der Waals surface area contributed by atoms with Crippen molar-refractivity contribution in [3.63, 3.8) is 0 Å². The van der Waals surface area contributed by atoms with E-state index in [1.165, 1.54) is 17.5 Å². The van der Waals surface area contributed by atoms with Gasteiger partial charge < -0.3 is 14.2 Å². The first kappa shape index (κ1) is 19.2. The molecule has 1 fully saturated rings. The van der Waals surface area contributed by atoms with E-state index in [0.717, 1.165) is 37.4 Å². The molecule has 3 atom stereocenters. The number of methoxy groups -OCH3 is 2. The number of rotatable bonds is 7. The number of piperidine rings is 1. The lowest BCUT2D eigenvalue weighted by Crippen LogP contribution is -2.49. The van der Waals surface area contributed by atoms with Crippen molar-refractivity contribution in [1.82, 2.24) is 4.90 Å². The molecule has 0 saturated carbocycles. The van der Waals surface area contributed by atoms with Gasteiger partial charge in [0.15, 0.2) is 11.5 Å². The maximum Gasteiger partial charge on any atom is 0.161 e. The number of ether oxygens (including phenoxy) is 3. The summed E-state index contributed by atoms with van der Waals surface area (Å²) in [7, 11) is 3.41. The zero-order valence-electron chi connectivity index (χ0n) is 16.7. The molecule has 4 nitrogen and oxygen atoms in total. The van der Waals surface area contributed by atoms with E-state index in [0.29, 0.717) is 24.5 Å². The minimum atomic E-state index is 0.288. The first-order valence-electron chi connectivity index (χ1n) is 9.78. The average molecular weight is 360 g/mol. The molecule has 0 N–H and O–H groups in total. The molecule has 0 radical (unpaired) electrons. The molecular weight excluding hydrogens is 326 g/mol. The van der Waals surface area contributed by atoms with Crippen molar-refractivity contribution in [3.05, 3.63) is 35.9 Å². The van der Waals surface area contributed by atoms with E-state index in [9.17, 15) is 0 Å². The second-order valence-corrected chi connectivity index (χ2v) is 7.95. The minimum absolute atomic E-state index is 0.288. The molecule has 0 spiro atoms. The maximum atomic E-state index is 6.21. The summed E-state index contributed by atoms with van der Waals surface area (Å²) >= 11 is 0. The van der Waals surface area contributed by atoms with Gasteiger partial charge in [0.1, 0.15) is 0 Å². The largest absolute Gasteiger partial charge is 0.493 e. The second-order valence-electron chi connectivity index (χ2n) is 7.95. The highest BCUT2D eigenvalue weighted by Crippen LogP contribution is 2.44. The monoisotopic (exact) mass is 359 g/mol. The Morgan fingerprint density at radius 3 is 2.62 bits per heavy atom. The Labute approximate surface area is 158 Å². The van der Waals surface area contributed by atoms with Crippen LogP contribution in [0.4, 0.5) is 0 Å². The van der Waals surface area contributed by atoms with Crippen LogP contribution < -0.4 is 9.47 Å². The molecule has 0 bridgehead atoms. The number of hydrogen-bond donors (Lipinski definition) is 0. The zero-order valence-corrected chi connectivity index (χ0v) is 16.7. The summed E-state index contributed by atoms with van der Waals surface area (Å²) in [6.07, 6.45) is 5.47. The standard InChI is InChI=1S/C22H33NO3/c1-6-9-26-20-13-19-18-12-22(25-5)21(24-4)11-16(18)7-8-23(19)14-17(20)10-15(2)3/h6,11-12,15,17,19-20H,1,7-10,13-14H2,2-5H3/t17-,19-,20-/m1/s1. The molecule has 2 aliphatic heterocycles. The average Bonchev–Trinajstić information content (AvgIpc) is 2.64. The van der Waals surface area contributed by atoms with Crippen molar-refractivity contribution in [2.75, 3.05) is 33.9 Å². The molecule has 0 aliphatic carbocycles. The molecule has 4 heteroatoms. The highest BCUT2D eigenvalue weighted by molar-refractivity contribution is 5.49. The summed E-state index contributed by atoms with van der Waals surface area (Å²) in [5, 5.41) is 0. The van der Waals surface area contributed by atoms with Gasteiger partial charge in [-0.05, 0) is 54.4 Å².